The Morgan fingerprint density at radius 1 is 0.878 bits per heavy atom. The lowest BCUT2D eigenvalue weighted by molar-refractivity contribution is -0.270. The first-order valence-electron chi connectivity index (χ1n) is 16.3. The Kier molecular flexibility index (Phi) is 8.51. The average Bonchev–Trinajstić information content (AvgIpc) is 3.17. The van der Waals surface area contributed by atoms with E-state index in [9.17, 15) is 8.42 Å². The molecule has 0 saturated heterocycles. The van der Waals surface area contributed by atoms with Crippen LogP contribution in [0.25, 0.3) is 0 Å². The third-order valence-corrected chi connectivity index (χ3v) is 18.6. The van der Waals surface area contributed by atoms with Crippen LogP contribution >= 0.6 is 0 Å². The standard InChI is InChI=1S/C34H56O5SSi/c1-25-12-15-27(16-13-25)40(35,36)38-24-23-37-34(39-41(7,8)31(2,3)4)22-19-30-28-17-14-26-11-9-10-20-32(26,5)29(28)18-21-33(30,34)6/h12-13,15-16,26,28-30H,9-11,14,17-24H2,1-8H3/t26?,28-,29+,30+,32+,33+,34-/m1/s1. The zero-order chi connectivity index (χ0) is 29.9. The highest BCUT2D eigenvalue weighted by molar-refractivity contribution is 7.86. The van der Waals surface area contributed by atoms with Crippen molar-refractivity contribution in [3.63, 3.8) is 0 Å². The summed E-state index contributed by atoms with van der Waals surface area (Å²) in [6, 6.07) is 6.81. The number of rotatable bonds is 8. The molecule has 1 unspecified atom stereocenters. The summed E-state index contributed by atoms with van der Waals surface area (Å²) in [5.74, 6) is 2.33. The summed E-state index contributed by atoms with van der Waals surface area (Å²) < 4.78 is 45.5. The maximum Gasteiger partial charge on any atom is 0.297 e. The molecule has 41 heavy (non-hydrogen) atoms. The average molecular weight is 605 g/mol. The summed E-state index contributed by atoms with van der Waals surface area (Å²) in [4.78, 5) is 0.188. The van der Waals surface area contributed by atoms with Crippen molar-refractivity contribution in [2.45, 2.75) is 135 Å². The van der Waals surface area contributed by atoms with Crippen LogP contribution in [0.3, 0.4) is 0 Å². The van der Waals surface area contributed by atoms with Gasteiger partial charge in [-0.25, -0.2) is 0 Å². The highest BCUT2D eigenvalue weighted by Crippen LogP contribution is 2.69. The monoisotopic (exact) mass is 604 g/mol. The van der Waals surface area contributed by atoms with E-state index in [4.69, 9.17) is 13.3 Å². The second-order valence-electron chi connectivity index (χ2n) is 16.0. The highest BCUT2D eigenvalue weighted by atomic mass is 32.2. The van der Waals surface area contributed by atoms with Gasteiger partial charge in [0.05, 0.1) is 18.1 Å². The van der Waals surface area contributed by atoms with Gasteiger partial charge in [0.2, 0.25) is 0 Å². The van der Waals surface area contributed by atoms with Gasteiger partial charge in [0.15, 0.2) is 14.1 Å². The van der Waals surface area contributed by atoms with Gasteiger partial charge in [-0.05, 0) is 111 Å². The Labute approximate surface area is 251 Å². The smallest absolute Gasteiger partial charge is 0.297 e. The Morgan fingerprint density at radius 2 is 1.56 bits per heavy atom. The molecule has 0 spiro atoms. The van der Waals surface area contributed by atoms with Gasteiger partial charge in [0.1, 0.15) is 0 Å². The molecule has 7 atom stereocenters. The molecule has 0 aromatic heterocycles. The fourth-order valence-electron chi connectivity index (χ4n) is 9.37. The van der Waals surface area contributed by atoms with Crippen molar-refractivity contribution in [2.24, 2.45) is 34.5 Å². The second-order valence-corrected chi connectivity index (χ2v) is 22.3. The number of benzene rings is 1. The highest BCUT2D eigenvalue weighted by Gasteiger charge is 2.67. The van der Waals surface area contributed by atoms with E-state index in [1.807, 2.05) is 6.92 Å². The van der Waals surface area contributed by atoms with Crippen molar-refractivity contribution >= 4 is 18.4 Å². The van der Waals surface area contributed by atoms with Gasteiger partial charge in [-0.2, -0.15) is 8.42 Å². The molecule has 0 amide bonds. The molecule has 4 aliphatic carbocycles. The topological polar surface area (TPSA) is 61.8 Å². The molecule has 1 aromatic rings. The molecule has 232 valence electrons. The molecule has 4 saturated carbocycles. The van der Waals surface area contributed by atoms with Crippen LogP contribution in [-0.4, -0.2) is 35.7 Å². The number of aryl methyl sites for hydroxylation is 1. The molecular formula is C34H56O5SSi. The lowest BCUT2D eigenvalue weighted by atomic mass is 9.45. The van der Waals surface area contributed by atoms with Crippen molar-refractivity contribution in [3.05, 3.63) is 29.8 Å². The summed E-state index contributed by atoms with van der Waals surface area (Å²) >= 11 is 0. The fraction of sp³-hybridized carbons (Fsp3) is 0.824. The van der Waals surface area contributed by atoms with Gasteiger partial charge >= 0.3 is 0 Å². The summed E-state index contributed by atoms with van der Waals surface area (Å²) in [5.41, 5.74) is 1.42. The maximum atomic E-state index is 12.9. The van der Waals surface area contributed by atoms with Crippen molar-refractivity contribution in [1.29, 1.82) is 0 Å². The van der Waals surface area contributed by atoms with Gasteiger partial charge in [-0.3, -0.25) is 4.18 Å². The third-order valence-electron chi connectivity index (χ3n) is 12.8. The Bertz CT molecular complexity index is 1190. The summed E-state index contributed by atoms with van der Waals surface area (Å²) in [6.45, 7) is 18.8. The van der Waals surface area contributed by atoms with Crippen LogP contribution in [0.15, 0.2) is 29.2 Å². The van der Waals surface area contributed by atoms with Crippen molar-refractivity contribution in [1.82, 2.24) is 0 Å². The Hall–Kier alpha value is -0.733. The van der Waals surface area contributed by atoms with Crippen molar-refractivity contribution in [3.8, 4) is 0 Å². The van der Waals surface area contributed by atoms with Crippen LogP contribution in [0, 0.1) is 41.4 Å². The number of hydrogen-bond donors (Lipinski definition) is 0. The number of hydrogen-bond acceptors (Lipinski definition) is 5. The molecule has 4 aliphatic rings. The van der Waals surface area contributed by atoms with Gasteiger partial charge < -0.3 is 9.16 Å². The fourth-order valence-corrected chi connectivity index (χ4v) is 11.8. The summed E-state index contributed by atoms with van der Waals surface area (Å²) in [5, 5.41) is 0.0495. The quantitative estimate of drug-likeness (QED) is 0.128. The van der Waals surface area contributed by atoms with Crippen LogP contribution in [0.2, 0.25) is 18.1 Å². The van der Waals surface area contributed by atoms with Gasteiger partial charge in [-0.15, -0.1) is 0 Å². The van der Waals surface area contributed by atoms with Crippen LogP contribution in [0.1, 0.15) is 104 Å². The Morgan fingerprint density at radius 3 is 2.24 bits per heavy atom. The van der Waals surface area contributed by atoms with E-state index in [2.05, 4.69) is 47.7 Å². The predicted octanol–water partition coefficient (Wildman–Crippen LogP) is 8.87. The van der Waals surface area contributed by atoms with Crippen LogP contribution in [-0.2, 0) is 23.5 Å². The minimum Gasteiger partial charge on any atom is -0.390 e. The minimum absolute atomic E-state index is 0.00856. The number of fused-ring (bicyclic) bond motifs is 5. The molecule has 0 aliphatic heterocycles. The van der Waals surface area contributed by atoms with E-state index < -0.39 is 24.2 Å². The molecule has 0 bridgehead atoms. The molecule has 0 N–H and O–H groups in total. The third kappa shape index (κ3) is 5.53. The van der Waals surface area contributed by atoms with E-state index >= 15 is 0 Å². The zero-order valence-corrected chi connectivity index (χ0v) is 28.9. The molecule has 0 radical (unpaired) electrons. The van der Waals surface area contributed by atoms with Gasteiger partial charge in [0, 0.05) is 11.8 Å². The molecule has 0 heterocycles. The van der Waals surface area contributed by atoms with E-state index in [1.165, 1.54) is 44.9 Å². The minimum atomic E-state index is -3.84. The lowest BCUT2D eigenvalue weighted by Gasteiger charge is -2.62. The van der Waals surface area contributed by atoms with Gasteiger partial charge in [-0.1, -0.05) is 65.2 Å². The molecule has 5 nitrogen and oxygen atoms in total. The lowest BCUT2D eigenvalue weighted by Crippen LogP contribution is -2.61. The summed E-state index contributed by atoms with van der Waals surface area (Å²) in [6.07, 6.45) is 12.8. The Balaban J connectivity index is 1.37. The van der Waals surface area contributed by atoms with Crippen molar-refractivity contribution < 1.29 is 21.8 Å². The molecule has 4 fully saturated rings. The first-order valence-corrected chi connectivity index (χ1v) is 20.7. The molecule has 7 heteroatoms. The largest absolute Gasteiger partial charge is 0.390 e. The SMILES string of the molecule is Cc1ccc(S(=O)(=O)OCCO[C@@]2(O[Si](C)(C)C(C)(C)C)CC[C@H]3[C@@H]4CCC5CCCC[C@]5(C)[C@H]4CC[C@@]32C)cc1. The molecular weight excluding hydrogens is 549 g/mol. The number of ether oxygens (including phenoxy) is 1. The van der Waals surface area contributed by atoms with E-state index in [0.717, 1.165) is 42.6 Å². The zero-order valence-electron chi connectivity index (χ0n) is 27.1. The second kappa shape index (κ2) is 11.0. The molecule has 5 rings (SSSR count). The van der Waals surface area contributed by atoms with Crippen molar-refractivity contribution in [2.75, 3.05) is 13.2 Å². The first kappa shape index (κ1) is 31.7. The van der Waals surface area contributed by atoms with Gasteiger partial charge in [0.25, 0.3) is 10.1 Å². The predicted molar refractivity (Wildman–Crippen MR) is 168 cm³/mol. The van der Waals surface area contributed by atoms with Crippen LogP contribution in [0.4, 0.5) is 0 Å². The van der Waals surface area contributed by atoms with E-state index in [0.29, 0.717) is 11.3 Å². The first-order chi connectivity index (χ1) is 19.0. The van der Waals surface area contributed by atoms with Crippen LogP contribution in [0.5, 0.6) is 0 Å². The molecule has 1 aromatic carbocycles. The normalized spacial score (nSPS) is 37.8. The maximum absolute atomic E-state index is 12.9. The van der Waals surface area contributed by atoms with Crippen LogP contribution < -0.4 is 0 Å². The van der Waals surface area contributed by atoms with E-state index in [1.54, 1.807) is 24.3 Å². The summed E-state index contributed by atoms with van der Waals surface area (Å²) in [7, 11) is -6.03. The van der Waals surface area contributed by atoms with E-state index in [-0.39, 0.29) is 28.6 Å².